The standard InChI is InChI=1S/C12H11Cl2NO/c1-7-3-8(13)4-10-11(14)5-9(6-16-2)15-12(7)10/h3-5H,6H2,1-2H3. The van der Waals surface area contributed by atoms with Crippen LogP contribution in [-0.2, 0) is 11.3 Å². The quantitative estimate of drug-likeness (QED) is 0.810. The number of halogens is 2. The Labute approximate surface area is 104 Å². The fraction of sp³-hybridized carbons (Fsp3) is 0.250. The minimum absolute atomic E-state index is 0.456. The molecule has 16 heavy (non-hydrogen) atoms. The fourth-order valence-corrected chi connectivity index (χ4v) is 2.23. The van der Waals surface area contributed by atoms with Crippen molar-refractivity contribution in [3.05, 3.63) is 39.5 Å². The molecule has 0 aliphatic carbocycles. The van der Waals surface area contributed by atoms with Crippen LogP contribution >= 0.6 is 23.2 Å². The van der Waals surface area contributed by atoms with Gasteiger partial charge in [-0.3, -0.25) is 0 Å². The van der Waals surface area contributed by atoms with Crippen molar-refractivity contribution in [2.75, 3.05) is 7.11 Å². The van der Waals surface area contributed by atoms with Crippen LogP contribution < -0.4 is 0 Å². The van der Waals surface area contributed by atoms with Crippen molar-refractivity contribution in [1.29, 1.82) is 0 Å². The second kappa shape index (κ2) is 4.58. The molecule has 0 aliphatic heterocycles. The molecule has 0 spiro atoms. The summed E-state index contributed by atoms with van der Waals surface area (Å²) in [5.74, 6) is 0. The van der Waals surface area contributed by atoms with Crippen LogP contribution in [0.1, 0.15) is 11.3 Å². The first-order chi connectivity index (χ1) is 7.61. The Balaban J connectivity index is 2.71. The molecule has 4 heteroatoms. The van der Waals surface area contributed by atoms with E-state index in [1.165, 1.54) is 0 Å². The highest BCUT2D eigenvalue weighted by atomic mass is 35.5. The lowest BCUT2D eigenvalue weighted by Gasteiger charge is -2.07. The summed E-state index contributed by atoms with van der Waals surface area (Å²) in [6.07, 6.45) is 0. The van der Waals surface area contributed by atoms with Gasteiger partial charge in [-0.2, -0.15) is 0 Å². The predicted octanol–water partition coefficient (Wildman–Crippen LogP) is 4.00. The van der Waals surface area contributed by atoms with Crippen molar-refractivity contribution in [3.8, 4) is 0 Å². The van der Waals surface area contributed by atoms with E-state index in [2.05, 4.69) is 4.98 Å². The summed E-state index contributed by atoms with van der Waals surface area (Å²) in [6, 6.07) is 5.52. The molecule has 0 bridgehead atoms. The van der Waals surface area contributed by atoms with E-state index in [0.29, 0.717) is 16.7 Å². The molecular formula is C12H11Cl2NO. The maximum Gasteiger partial charge on any atom is 0.0884 e. The third-order valence-electron chi connectivity index (χ3n) is 2.36. The number of hydrogen-bond acceptors (Lipinski definition) is 2. The van der Waals surface area contributed by atoms with Gasteiger partial charge in [0.15, 0.2) is 0 Å². The van der Waals surface area contributed by atoms with Crippen LogP contribution in [0.3, 0.4) is 0 Å². The number of methoxy groups -OCH3 is 1. The molecule has 2 rings (SSSR count). The monoisotopic (exact) mass is 255 g/mol. The Morgan fingerprint density at radius 1 is 1.25 bits per heavy atom. The lowest BCUT2D eigenvalue weighted by Crippen LogP contribution is -1.94. The smallest absolute Gasteiger partial charge is 0.0884 e. The number of pyridine rings is 1. The first kappa shape index (κ1) is 11.6. The lowest BCUT2D eigenvalue weighted by atomic mass is 10.1. The first-order valence-corrected chi connectivity index (χ1v) is 5.61. The van der Waals surface area contributed by atoms with Gasteiger partial charge in [-0.05, 0) is 30.7 Å². The van der Waals surface area contributed by atoms with Crippen molar-refractivity contribution in [3.63, 3.8) is 0 Å². The number of rotatable bonds is 2. The van der Waals surface area contributed by atoms with Gasteiger partial charge in [0.25, 0.3) is 0 Å². The van der Waals surface area contributed by atoms with Gasteiger partial charge in [0.2, 0.25) is 0 Å². The fourth-order valence-electron chi connectivity index (χ4n) is 1.69. The minimum Gasteiger partial charge on any atom is -0.378 e. The Bertz CT molecular complexity index is 540. The summed E-state index contributed by atoms with van der Waals surface area (Å²) in [5.41, 5.74) is 2.72. The molecule has 0 atom stereocenters. The molecule has 2 nitrogen and oxygen atoms in total. The third kappa shape index (κ3) is 2.14. The number of fused-ring (bicyclic) bond motifs is 1. The highest BCUT2D eigenvalue weighted by Gasteiger charge is 2.07. The number of aryl methyl sites for hydroxylation is 1. The summed E-state index contributed by atoms with van der Waals surface area (Å²) in [5, 5.41) is 2.21. The van der Waals surface area contributed by atoms with E-state index >= 15 is 0 Å². The normalized spacial score (nSPS) is 11.0. The first-order valence-electron chi connectivity index (χ1n) is 4.86. The molecule has 0 unspecified atom stereocenters. The summed E-state index contributed by atoms with van der Waals surface area (Å²) < 4.78 is 5.05. The molecule has 0 amide bonds. The highest BCUT2D eigenvalue weighted by molar-refractivity contribution is 6.36. The van der Waals surface area contributed by atoms with Crippen LogP contribution in [-0.4, -0.2) is 12.1 Å². The second-order valence-corrected chi connectivity index (χ2v) is 4.49. The van der Waals surface area contributed by atoms with Crippen molar-refractivity contribution >= 4 is 34.1 Å². The van der Waals surface area contributed by atoms with Crippen LogP contribution in [0.2, 0.25) is 10.0 Å². The summed E-state index contributed by atoms with van der Waals surface area (Å²) in [4.78, 5) is 4.50. The van der Waals surface area contributed by atoms with E-state index in [-0.39, 0.29) is 0 Å². The third-order valence-corrected chi connectivity index (χ3v) is 2.89. The molecule has 1 aromatic heterocycles. The van der Waals surface area contributed by atoms with Gasteiger partial charge in [0.1, 0.15) is 0 Å². The van der Waals surface area contributed by atoms with Gasteiger partial charge in [-0.15, -0.1) is 0 Å². The lowest BCUT2D eigenvalue weighted by molar-refractivity contribution is 0.182. The Morgan fingerprint density at radius 3 is 2.69 bits per heavy atom. The van der Waals surface area contributed by atoms with E-state index in [0.717, 1.165) is 22.2 Å². The molecule has 0 aliphatic rings. The highest BCUT2D eigenvalue weighted by Crippen LogP contribution is 2.28. The van der Waals surface area contributed by atoms with Crippen molar-refractivity contribution < 1.29 is 4.74 Å². The molecule has 0 fully saturated rings. The number of nitrogens with zero attached hydrogens (tertiary/aromatic N) is 1. The number of benzene rings is 1. The molecule has 0 N–H and O–H groups in total. The maximum absolute atomic E-state index is 6.19. The van der Waals surface area contributed by atoms with E-state index in [9.17, 15) is 0 Å². The van der Waals surface area contributed by atoms with Gasteiger partial charge in [0, 0.05) is 17.5 Å². The van der Waals surface area contributed by atoms with Crippen LogP contribution in [0.5, 0.6) is 0 Å². The average molecular weight is 256 g/mol. The number of aromatic nitrogens is 1. The van der Waals surface area contributed by atoms with Crippen LogP contribution in [0, 0.1) is 6.92 Å². The molecule has 0 radical (unpaired) electrons. The van der Waals surface area contributed by atoms with E-state index in [1.54, 1.807) is 7.11 Å². The van der Waals surface area contributed by atoms with Gasteiger partial charge in [-0.25, -0.2) is 4.98 Å². The van der Waals surface area contributed by atoms with Gasteiger partial charge >= 0.3 is 0 Å². The van der Waals surface area contributed by atoms with Crippen molar-refractivity contribution in [2.45, 2.75) is 13.5 Å². The molecular weight excluding hydrogens is 245 g/mol. The van der Waals surface area contributed by atoms with Crippen LogP contribution in [0.4, 0.5) is 0 Å². The molecule has 1 aromatic carbocycles. The average Bonchev–Trinajstić information content (AvgIpc) is 2.20. The predicted molar refractivity (Wildman–Crippen MR) is 67.2 cm³/mol. The Hall–Kier alpha value is -0.830. The second-order valence-electron chi connectivity index (χ2n) is 3.65. The summed E-state index contributed by atoms with van der Waals surface area (Å²) in [7, 11) is 1.63. The molecule has 0 saturated heterocycles. The summed E-state index contributed by atoms with van der Waals surface area (Å²) in [6.45, 7) is 2.42. The number of hydrogen-bond donors (Lipinski definition) is 0. The molecule has 1 heterocycles. The number of ether oxygens (including phenoxy) is 1. The molecule has 84 valence electrons. The van der Waals surface area contributed by atoms with Crippen LogP contribution in [0.25, 0.3) is 10.9 Å². The Morgan fingerprint density at radius 2 is 2.00 bits per heavy atom. The van der Waals surface area contributed by atoms with E-state index in [1.807, 2.05) is 25.1 Å². The zero-order valence-electron chi connectivity index (χ0n) is 9.05. The van der Waals surface area contributed by atoms with Gasteiger partial charge < -0.3 is 4.74 Å². The van der Waals surface area contributed by atoms with E-state index in [4.69, 9.17) is 27.9 Å². The minimum atomic E-state index is 0.456. The van der Waals surface area contributed by atoms with Crippen LogP contribution in [0.15, 0.2) is 18.2 Å². The van der Waals surface area contributed by atoms with E-state index < -0.39 is 0 Å². The SMILES string of the molecule is COCc1cc(Cl)c2cc(Cl)cc(C)c2n1. The van der Waals surface area contributed by atoms with Gasteiger partial charge in [0.05, 0.1) is 22.8 Å². The van der Waals surface area contributed by atoms with Gasteiger partial charge in [-0.1, -0.05) is 23.2 Å². The zero-order valence-corrected chi connectivity index (χ0v) is 10.6. The maximum atomic E-state index is 6.19. The topological polar surface area (TPSA) is 22.1 Å². The van der Waals surface area contributed by atoms with Crippen molar-refractivity contribution in [2.24, 2.45) is 0 Å². The molecule has 0 saturated carbocycles. The zero-order chi connectivity index (χ0) is 11.7. The Kier molecular flexibility index (Phi) is 3.33. The molecule has 2 aromatic rings. The summed E-state index contributed by atoms with van der Waals surface area (Å²) >= 11 is 12.2. The largest absolute Gasteiger partial charge is 0.378 e. The van der Waals surface area contributed by atoms with Crippen molar-refractivity contribution in [1.82, 2.24) is 4.98 Å².